The number of hydrogen-bond acceptors (Lipinski definition) is 1. The minimum atomic E-state index is -1.42. The molecule has 1 saturated heterocycles. The predicted molar refractivity (Wildman–Crippen MR) is 87.1 cm³/mol. The highest BCUT2D eigenvalue weighted by atomic mass is 35.5. The summed E-state index contributed by atoms with van der Waals surface area (Å²) in [7, 11) is -1.42. The Balaban J connectivity index is 2.12. The first kappa shape index (κ1) is 16.2. The normalized spacial score (nSPS) is 21.0. The van der Waals surface area contributed by atoms with Gasteiger partial charge in [0.2, 0.25) is 0 Å². The van der Waals surface area contributed by atoms with E-state index in [1.807, 2.05) is 18.2 Å². The molecule has 0 amide bonds. The minimum Gasteiger partial charge on any atom is -0.127 e. The maximum absolute atomic E-state index is 13.0. The highest BCUT2D eigenvalue weighted by Gasteiger charge is 2.54. The summed E-state index contributed by atoms with van der Waals surface area (Å²) in [5.74, 6) is 1.11. The summed E-state index contributed by atoms with van der Waals surface area (Å²) >= 11 is 11.9. The third kappa shape index (κ3) is 3.74. The second-order valence-corrected chi connectivity index (χ2v) is 8.17. The highest BCUT2D eigenvalue weighted by Crippen LogP contribution is 2.54. The monoisotopic (exact) mass is 332 g/mol. The van der Waals surface area contributed by atoms with Crippen LogP contribution >= 0.6 is 31.2 Å². The van der Waals surface area contributed by atoms with E-state index in [1.165, 1.54) is 5.56 Å². The maximum atomic E-state index is 13.0. The molecule has 0 aromatic heterocycles. The topological polar surface area (TPSA) is 20.3 Å². The van der Waals surface area contributed by atoms with Gasteiger partial charge in [0.25, 0.3) is 0 Å². The van der Waals surface area contributed by atoms with Gasteiger partial charge >= 0.3 is 7.95 Å². The van der Waals surface area contributed by atoms with E-state index in [0.29, 0.717) is 11.8 Å². The van der Waals surface area contributed by atoms with Crippen LogP contribution in [-0.2, 0) is 11.1 Å². The molecule has 0 saturated carbocycles. The summed E-state index contributed by atoms with van der Waals surface area (Å²) < 4.78 is 15.1. The van der Waals surface area contributed by atoms with Crippen molar-refractivity contribution in [2.24, 2.45) is 0 Å². The molecule has 1 aromatic carbocycles. The van der Waals surface area contributed by atoms with Crippen LogP contribution in [0.15, 0.2) is 30.3 Å². The first-order valence-corrected chi connectivity index (χ1v) is 9.38. The molecule has 1 heterocycles. The van der Waals surface area contributed by atoms with Gasteiger partial charge < -0.3 is 0 Å². The van der Waals surface area contributed by atoms with E-state index >= 15 is 0 Å². The zero-order chi connectivity index (χ0) is 14.4. The molecule has 1 atom stereocenters. The van der Waals surface area contributed by atoms with Crippen molar-refractivity contribution >= 4 is 31.2 Å². The molecule has 0 aliphatic carbocycles. The molecule has 1 aliphatic heterocycles. The standard InChI is InChI=1S/C15H21Cl2NOP/c16-10-8-15(9-11-17)7-4-12-18(20(15)19)13-14-5-2-1-3-6-14/h1-3,5-6H,4,7-13H2/q+1. The second kappa shape index (κ2) is 7.75. The maximum Gasteiger partial charge on any atom is 0.441 e. The van der Waals surface area contributed by atoms with Crippen LogP contribution < -0.4 is 0 Å². The molecule has 1 aromatic rings. The number of benzene rings is 1. The first-order chi connectivity index (χ1) is 9.72. The summed E-state index contributed by atoms with van der Waals surface area (Å²) in [6.07, 6.45) is 3.64. The lowest BCUT2D eigenvalue weighted by molar-refractivity contribution is 0.317. The zero-order valence-electron chi connectivity index (χ0n) is 11.6. The van der Waals surface area contributed by atoms with Crippen LogP contribution in [0.3, 0.4) is 0 Å². The highest BCUT2D eigenvalue weighted by molar-refractivity contribution is 7.44. The number of halogens is 2. The van der Waals surface area contributed by atoms with Crippen LogP contribution in [0.4, 0.5) is 0 Å². The largest absolute Gasteiger partial charge is 0.441 e. The van der Waals surface area contributed by atoms with Crippen LogP contribution in [0.1, 0.15) is 31.2 Å². The quantitative estimate of drug-likeness (QED) is 0.538. The summed E-state index contributed by atoms with van der Waals surface area (Å²) in [5.41, 5.74) is 1.21. The predicted octanol–water partition coefficient (Wildman–Crippen LogP) is 5.02. The molecule has 2 nitrogen and oxygen atoms in total. The van der Waals surface area contributed by atoms with Crippen molar-refractivity contribution in [3.8, 4) is 0 Å². The van der Waals surface area contributed by atoms with Crippen molar-refractivity contribution in [1.82, 2.24) is 4.67 Å². The molecular weight excluding hydrogens is 312 g/mol. The minimum absolute atomic E-state index is 0.189. The van der Waals surface area contributed by atoms with Crippen molar-refractivity contribution in [2.75, 3.05) is 18.3 Å². The van der Waals surface area contributed by atoms with E-state index in [-0.39, 0.29) is 5.16 Å². The van der Waals surface area contributed by atoms with E-state index in [1.54, 1.807) is 0 Å². The molecule has 110 valence electrons. The van der Waals surface area contributed by atoms with E-state index in [4.69, 9.17) is 23.2 Å². The first-order valence-electron chi connectivity index (χ1n) is 7.10. The Labute approximate surface area is 132 Å². The van der Waals surface area contributed by atoms with Crippen LogP contribution in [0, 0.1) is 0 Å². The third-order valence-corrected chi connectivity index (χ3v) is 6.76. The third-order valence-electron chi connectivity index (χ3n) is 4.05. The molecule has 0 radical (unpaired) electrons. The fourth-order valence-corrected chi connectivity index (χ4v) is 6.09. The lowest BCUT2D eigenvalue weighted by Gasteiger charge is -2.30. The van der Waals surface area contributed by atoms with Gasteiger partial charge in [0.1, 0.15) is 0 Å². The van der Waals surface area contributed by atoms with Gasteiger partial charge in [-0.3, -0.25) is 0 Å². The fraction of sp³-hybridized carbons (Fsp3) is 0.600. The van der Waals surface area contributed by atoms with E-state index in [0.717, 1.165) is 38.8 Å². The lowest BCUT2D eigenvalue weighted by Crippen LogP contribution is -2.37. The summed E-state index contributed by atoms with van der Waals surface area (Å²) in [6.45, 7) is 1.65. The number of rotatable bonds is 6. The van der Waals surface area contributed by atoms with E-state index < -0.39 is 7.95 Å². The number of nitrogens with zero attached hydrogens (tertiary/aromatic N) is 1. The van der Waals surface area contributed by atoms with Gasteiger partial charge in [0, 0.05) is 37.6 Å². The van der Waals surface area contributed by atoms with Crippen molar-refractivity contribution < 1.29 is 4.57 Å². The Hall–Kier alpha value is -0.140. The average molecular weight is 333 g/mol. The molecule has 1 unspecified atom stereocenters. The molecule has 2 rings (SSSR count). The molecule has 0 spiro atoms. The SMILES string of the molecule is O=[P+]1N(Cc2ccccc2)CCCC1(CCCl)CCCl. The molecular formula is C15H21Cl2NOP+. The molecule has 1 fully saturated rings. The van der Waals surface area contributed by atoms with E-state index in [2.05, 4.69) is 16.8 Å². The zero-order valence-corrected chi connectivity index (χ0v) is 14.0. The van der Waals surface area contributed by atoms with Gasteiger partial charge in [0.05, 0.1) is 6.54 Å². The van der Waals surface area contributed by atoms with Gasteiger partial charge in [-0.05, 0) is 16.5 Å². The van der Waals surface area contributed by atoms with Crippen LogP contribution in [0.5, 0.6) is 0 Å². The Morgan fingerprint density at radius 3 is 2.40 bits per heavy atom. The molecule has 5 heteroatoms. The molecule has 1 aliphatic rings. The lowest BCUT2D eigenvalue weighted by atomic mass is 9.95. The van der Waals surface area contributed by atoms with Gasteiger partial charge in [-0.15, -0.1) is 23.2 Å². The smallest absolute Gasteiger partial charge is 0.127 e. The Morgan fingerprint density at radius 2 is 1.80 bits per heavy atom. The fourth-order valence-electron chi connectivity index (χ4n) is 2.93. The molecule has 0 N–H and O–H groups in total. The van der Waals surface area contributed by atoms with E-state index in [9.17, 15) is 4.57 Å². The average Bonchev–Trinajstić information content (AvgIpc) is 2.46. The Bertz CT molecular complexity index is 429. The Morgan fingerprint density at radius 1 is 1.15 bits per heavy atom. The number of hydrogen-bond donors (Lipinski definition) is 0. The molecule has 20 heavy (non-hydrogen) atoms. The van der Waals surface area contributed by atoms with Crippen LogP contribution in [-0.4, -0.2) is 28.1 Å². The van der Waals surface area contributed by atoms with Crippen molar-refractivity contribution in [3.05, 3.63) is 35.9 Å². The second-order valence-electron chi connectivity index (χ2n) is 5.35. The van der Waals surface area contributed by atoms with Crippen molar-refractivity contribution in [2.45, 2.75) is 37.4 Å². The van der Waals surface area contributed by atoms with Gasteiger partial charge in [-0.25, -0.2) is 0 Å². The van der Waals surface area contributed by atoms with Crippen molar-refractivity contribution in [1.29, 1.82) is 0 Å². The van der Waals surface area contributed by atoms with Gasteiger partial charge in [0.15, 0.2) is 5.16 Å². The van der Waals surface area contributed by atoms with Gasteiger partial charge in [-0.2, -0.15) is 0 Å². The molecule has 0 bridgehead atoms. The summed E-state index contributed by atoms with van der Waals surface area (Å²) in [4.78, 5) is 0. The Kier molecular flexibility index (Phi) is 6.29. The van der Waals surface area contributed by atoms with Crippen LogP contribution in [0.25, 0.3) is 0 Å². The van der Waals surface area contributed by atoms with Gasteiger partial charge in [-0.1, -0.05) is 35.0 Å². The summed E-state index contributed by atoms with van der Waals surface area (Å²) in [5, 5.41) is -0.189. The van der Waals surface area contributed by atoms with Crippen molar-refractivity contribution in [3.63, 3.8) is 0 Å². The summed E-state index contributed by atoms with van der Waals surface area (Å²) in [6, 6.07) is 10.2. The number of alkyl halides is 2. The van der Waals surface area contributed by atoms with Crippen LogP contribution in [0.2, 0.25) is 0 Å².